The van der Waals surface area contributed by atoms with Crippen molar-refractivity contribution in [1.29, 1.82) is 0 Å². The number of nitrogens with one attached hydrogen (secondary N) is 1. The van der Waals surface area contributed by atoms with E-state index in [1.807, 2.05) is 6.92 Å². The molecule has 134 valence electrons. The van der Waals surface area contributed by atoms with Crippen LogP contribution >= 0.6 is 12.4 Å². The molecule has 3 nitrogen and oxygen atoms in total. The minimum absolute atomic E-state index is 0. The lowest BCUT2D eigenvalue weighted by molar-refractivity contribution is 0.102. The number of halogens is 3. The molecule has 0 aromatic heterocycles. The van der Waals surface area contributed by atoms with Gasteiger partial charge in [-0.2, -0.15) is 0 Å². The van der Waals surface area contributed by atoms with E-state index >= 15 is 0 Å². The molecule has 3 aromatic rings. The number of carbonyl (C=O) groups is 1. The molecule has 0 aliphatic rings. The lowest BCUT2D eigenvalue weighted by Gasteiger charge is -2.12. The second kappa shape index (κ2) is 7.97. The standard InChI is InChI=1S/C20H16F2N2O.ClH/c1-12-10-14(4-8-18(12)23)20(25)24-19-9-7-16(22)11-17(19)13-2-5-15(21)6-3-13;/h2-11H,23H2,1H3,(H,24,25);1H. The van der Waals surface area contributed by atoms with Crippen LogP contribution in [-0.2, 0) is 0 Å². The van der Waals surface area contributed by atoms with Gasteiger partial charge in [-0.1, -0.05) is 12.1 Å². The maximum Gasteiger partial charge on any atom is 0.255 e. The fraction of sp³-hybridized carbons (Fsp3) is 0.0500. The van der Waals surface area contributed by atoms with Gasteiger partial charge in [-0.25, -0.2) is 8.78 Å². The molecular formula is C20H17ClF2N2O. The van der Waals surface area contributed by atoms with Crippen molar-refractivity contribution in [3.8, 4) is 11.1 Å². The van der Waals surface area contributed by atoms with Gasteiger partial charge < -0.3 is 11.1 Å². The summed E-state index contributed by atoms with van der Waals surface area (Å²) in [5.74, 6) is -1.16. The molecule has 0 fully saturated rings. The second-order valence-corrected chi connectivity index (χ2v) is 5.72. The highest BCUT2D eigenvalue weighted by atomic mass is 35.5. The zero-order valence-corrected chi connectivity index (χ0v) is 14.7. The van der Waals surface area contributed by atoms with Gasteiger partial charge in [0.05, 0.1) is 0 Å². The number of nitrogen functional groups attached to an aromatic ring is 1. The Morgan fingerprint density at radius 2 is 1.58 bits per heavy atom. The molecule has 26 heavy (non-hydrogen) atoms. The Morgan fingerprint density at radius 1 is 0.923 bits per heavy atom. The molecule has 0 saturated heterocycles. The van der Waals surface area contributed by atoms with Crippen molar-refractivity contribution >= 4 is 29.7 Å². The van der Waals surface area contributed by atoms with Gasteiger partial charge in [0.25, 0.3) is 5.91 Å². The van der Waals surface area contributed by atoms with Crippen LogP contribution in [0.25, 0.3) is 11.1 Å². The van der Waals surface area contributed by atoms with Gasteiger partial charge in [0.2, 0.25) is 0 Å². The molecule has 3 aromatic carbocycles. The van der Waals surface area contributed by atoms with E-state index < -0.39 is 5.82 Å². The van der Waals surface area contributed by atoms with Gasteiger partial charge in [-0.15, -0.1) is 12.4 Å². The van der Waals surface area contributed by atoms with Gasteiger partial charge in [0.1, 0.15) is 11.6 Å². The summed E-state index contributed by atoms with van der Waals surface area (Å²) in [5, 5.41) is 2.77. The predicted molar refractivity (Wildman–Crippen MR) is 103 cm³/mol. The predicted octanol–water partition coefficient (Wildman–Crippen LogP) is 5.20. The molecule has 0 aliphatic heterocycles. The number of benzene rings is 3. The summed E-state index contributed by atoms with van der Waals surface area (Å²) in [7, 11) is 0. The van der Waals surface area contributed by atoms with Gasteiger partial charge >= 0.3 is 0 Å². The van der Waals surface area contributed by atoms with E-state index in [1.165, 1.54) is 42.5 Å². The van der Waals surface area contributed by atoms with Crippen molar-refractivity contribution in [1.82, 2.24) is 0 Å². The van der Waals surface area contributed by atoms with Gasteiger partial charge in [0, 0.05) is 22.5 Å². The quantitative estimate of drug-likeness (QED) is 0.619. The normalized spacial score (nSPS) is 10.1. The van der Waals surface area contributed by atoms with Crippen molar-refractivity contribution in [2.75, 3.05) is 11.1 Å². The first kappa shape index (κ1) is 19.4. The number of amides is 1. The Kier molecular flexibility index (Phi) is 5.95. The number of hydrogen-bond donors (Lipinski definition) is 2. The SMILES string of the molecule is Cc1cc(C(=O)Nc2ccc(F)cc2-c2ccc(F)cc2)ccc1N.Cl. The molecule has 0 unspecified atom stereocenters. The van der Waals surface area contributed by atoms with Crippen molar-refractivity contribution in [2.24, 2.45) is 0 Å². The molecular weight excluding hydrogens is 358 g/mol. The van der Waals surface area contributed by atoms with E-state index in [9.17, 15) is 13.6 Å². The van der Waals surface area contributed by atoms with Gasteiger partial charge in [0.15, 0.2) is 0 Å². The van der Waals surface area contributed by atoms with E-state index in [4.69, 9.17) is 5.73 Å². The number of anilines is 2. The van der Waals surface area contributed by atoms with Gasteiger partial charge in [-0.05, 0) is 66.6 Å². The van der Waals surface area contributed by atoms with Crippen LogP contribution in [-0.4, -0.2) is 5.91 Å². The summed E-state index contributed by atoms with van der Waals surface area (Å²) in [4.78, 5) is 12.5. The summed E-state index contributed by atoms with van der Waals surface area (Å²) < 4.78 is 26.8. The van der Waals surface area contributed by atoms with Gasteiger partial charge in [-0.3, -0.25) is 4.79 Å². The van der Waals surface area contributed by atoms with Crippen LogP contribution in [0.15, 0.2) is 60.7 Å². The van der Waals surface area contributed by atoms with Crippen LogP contribution in [0, 0.1) is 18.6 Å². The fourth-order valence-electron chi connectivity index (χ4n) is 2.51. The highest BCUT2D eigenvalue weighted by molar-refractivity contribution is 6.06. The molecule has 0 spiro atoms. The second-order valence-electron chi connectivity index (χ2n) is 5.72. The number of nitrogens with two attached hydrogens (primary N) is 1. The van der Waals surface area contributed by atoms with E-state index in [0.717, 1.165) is 5.56 Å². The first-order valence-electron chi connectivity index (χ1n) is 7.67. The monoisotopic (exact) mass is 374 g/mol. The minimum Gasteiger partial charge on any atom is -0.399 e. The summed E-state index contributed by atoms with van der Waals surface area (Å²) in [5.41, 5.74) is 9.12. The molecule has 1 amide bonds. The summed E-state index contributed by atoms with van der Waals surface area (Å²) in [6.45, 7) is 1.81. The number of rotatable bonds is 3. The van der Waals surface area contributed by atoms with E-state index in [-0.39, 0.29) is 24.1 Å². The lowest BCUT2D eigenvalue weighted by Crippen LogP contribution is -2.13. The highest BCUT2D eigenvalue weighted by Crippen LogP contribution is 2.29. The van der Waals surface area contributed by atoms with Crippen LogP contribution in [0.4, 0.5) is 20.2 Å². The van der Waals surface area contributed by atoms with Crippen LogP contribution in [0.3, 0.4) is 0 Å². The molecule has 0 aliphatic carbocycles. The van der Waals surface area contributed by atoms with Crippen molar-refractivity contribution in [2.45, 2.75) is 6.92 Å². The van der Waals surface area contributed by atoms with Crippen molar-refractivity contribution in [3.05, 3.63) is 83.4 Å². The van der Waals surface area contributed by atoms with Crippen LogP contribution in [0.5, 0.6) is 0 Å². The van der Waals surface area contributed by atoms with E-state index in [1.54, 1.807) is 18.2 Å². The average molecular weight is 375 g/mol. The van der Waals surface area contributed by atoms with E-state index in [0.29, 0.717) is 28.1 Å². The van der Waals surface area contributed by atoms with E-state index in [2.05, 4.69) is 5.32 Å². The zero-order valence-electron chi connectivity index (χ0n) is 13.9. The van der Waals surface area contributed by atoms with Crippen LogP contribution < -0.4 is 11.1 Å². The minimum atomic E-state index is -0.444. The maximum atomic E-state index is 13.7. The fourth-order valence-corrected chi connectivity index (χ4v) is 2.51. The number of aryl methyl sites for hydroxylation is 1. The Morgan fingerprint density at radius 3 is 2.23 bits per heavy atom. The largest absolute Gasteiger partial charge is 0.399 e. The molecule has 0 saturated carbocycles. The summed E-state index contributed by atoms with van der Waals surface area (Å²) in [6, 6.07) is 14.7. The molecule has 0 radical (unpaired) electrons. The molecule has 6 heteroatoms. The Labute approximate surface area is 156 Å². The van der Waals surface area contributed by atoms with Crippen LogP contribution in [0.1, 0.15) is 15.9 Å². The third-order valence-electron chi connectivity index (χ3n) is 3.92. The lowest BCUT2D eigenvalue weighted by atomic mass is 10.0. The number of carbonyl (C=O) groups excluding carboxylic acids is 1. The molecule has 0 atom stereocenters. The zero-order chi connectivity index (χ0) is 18.0. The molecule has 0 heterocycles. The average Bonchev–Trinajstić information content (AvgIpc) is 2.59. The molecule has 3 rings (SSSR count). The third-order valence-corrected chi connectivity index (χ3v) is 3.92. The molecule has 3 N–H and O–H groups in total. The molecule has 0 bridgehead atoms. The maximum absolute atomic E-state index is 13.7. The topological polar surface area (TPSA) is 55.1 Å². The first-order chi connectivity index (χ1) is 11.9. The Balaban J connectivity index is 0.00000243. The van der Waals surface area contributed by atoms with Crippen LogP contribution in [0.2, 0.25) is 0 Å². The summed E-state index contributed by atoms with van der Waals surface area (Å²) in [6.07, 6.45) is 0. The first-order valence-corrected chi connectivity index (χ1v) is 7.67. The van der Waals surface area contributed by atoms with Crippen molar-refractivity contribution in [3.63, 3.8) is 0 Å². The summed E-state index contributed by atoms with van der Waals surface area (Å²) >= 11 is 0. The van der Waals surface area contributed by atoms with Crippen molar-refractivity contribution < 1.29 is 13.6 Å². The smallest absolute Gasteiger partial charge is 0.255 e. The highest BCUT2D eigenvalue weighted by Gasteiger charge is 2.12. The Hall–Kier alpha value is -2.92. The Bertz CT molecular complexity index is 943. The third kappa shape index (κ3) is 4.18. The number of hydrogen-bond acceptors (Lipinski definition) is 2.